The zero-order valence-electron chi connectivity index (χ0n) is 10.5. The topological polar surface area (TPSA) is 60.2 Å². The molecule has 2 rings (SSSR count). The monoisotopic (exact) mass is 361 g/mol. The average molecular weight is 362 g/mol. The van der Waals surface area contributed by atoms with E-state index >= 15 is 0 Å². The zero-order valence-corrected chi connectivity index (χ0v) is 13.6. The van der Waals surface area contributed by atoms with Gasteiger partial charge in [0.2, 0.25) is 0 Å². The molecule has 0 aliphatic heterocycles. The predicted octanol–water partition coefficient (Wildman–Crippen LogP) is 4.88. The Labute approximate surface area is 137 Å². The fourth-order valence-electron chi connectivity index (χ4n) is 1.52. The van der Waals surface area contributed by atoms with Gasteiger partial charge < -0.3 is 0 Å². The zero-order chi connectivity index (χ0) is 15.4. The first kappa shape index (κ1) is 16.2. The van der Waals surface area contributed by atoms with Crippen LogP contribution in [0.15, 0.2) is 35.1 Å². The molecule has 2 aromatic rings. The minimum atomic E-state index is -1.26. The summed E-state index contributed by atoms with van der Waals surface area (Å²) in [6, 6.07) is 6.45. The highest BCUT2D eigenvalue weighted by molar-refractivity contribution is 7.87. The van der Waals surface area contributed by atoms with Crippen molar-refractivity contribution >= 4 is 56.4 Å². The van der Waals surface area contributed by atoms with E-state index in [1.807, 2.05) is 0 Å². The Balaban J connectivity index is 2.03. The van der Waals surface area contributed by atoms with E-state index in [1.54, 1.807) is 29.7 Å². The minimum Gasteiger partial charge on any atom is -0.258 e. The SMILES string of the molecule is O=[N+]([O-])c1cc(C=CS(=O)Cc2ccc(Cl)cc2Cl)cs1. The maximum atomic E-state index is 12.0. The molecule has 0 aliphatic rings. The lowest BCUT2D eigenvalue weighted by Gasteiger charge is -2.02. The maximum absolute atomic E-state index is 12.0. The second-order valence-electron chi connectivity index (χ2n) is 4.04. The molecule has 21 heavy (non-hydrogen) atoms. The number of halogens is 2. The van der Waals surface area contributed by atoms with Gasteiger partial charge in [-0.2, -0.15) is 0 Å². The second kappa shape index (κ2) is 7.17. The van der Waals surface area contributed by atoms with E-state index in [4.69, 9.17) is 23.2 Å². The molecule has 8 heteroatoms. The third-order valence-corrected chi connectivity index (χ3v) is 5.03. The first-order valence-electron chi connectivity index (χ1n) is 5.68. The highest BCUT2D eigenvalue weighted by atomic mass is 35.5. The third-order valence-electron chi connectivity index (χ3n) is 2.51. The maximum Gasteiger partial charge on any atom is 0.324 e. The van der Waals surface area contributed by atoms with Crippen LogP contribution in [0, 0.1) is 10.1 Å². The summed E-state index contributed by atoms with van der Waals surface area (Å²) in [4.78, 5) is 10.1. The lowest BCUT2D eigenvalue weighted by Crippen LogP contribution is -1.92. The van der Waals surface area contributed by atoms with Crippen LogP contribution in [-0.2, 0) is 16.6 Å². The van der Waals surface area contributed by atoms with Crippen LogP contribution < -0.4 is 0 Å². The molecule has 110 valence electrons. The third kappa shape index (κ3) is 4.64. The van der Waals surface area contributed by atoms with Crippen molar-refractivity contribution in [3.63, 3.8) is 0 Å². The van der Waals surface area contributed by atoms with Crippen LogP contribution in [0.4, 0.5) is 5.00 Å². The molecule has 0 amide bonds. The molecule has 1 aromatic heterocycles. The normalized spacial score (nSPS) is 12.7. The summed E-state index contributed by atoms with van der Waals surface area (Å²) in [6.07, 6.45) is 1.60. The van der Waals surface area contributed by atoms with E-state index in [2.05, 4.69) is 0 Å². The van der Waals surface area contributed by atoms with Crippen LogP contribution in [0.25, 0.3) is 6.08 Å². The van der Waals surface area contributed by atoms with Gasteiger partial charge in [0.05, 0.1) is 21.5 Å². The summed E-state index contributed by atoms with van der Waals surface area (Å²) in [5, 5.41) is 14.8. The largest absolute Gasteiger partial charge is 0.324 e. The fraction of sp³-hybridized carbons (Fsp3) is 0.0769. The van der Waals surface area contributed by atoms with E-state index in [1.165, 1.54) is 11.5 Å². The Hall–Kier alpha value is -1.21. The van der Waals surface area contributed by atoms with Gasteiger partial charge in [-0.3, -0.25) is 14.3 Å². The molecular formula is C13H9Cl2NO3S2. The van der Waals surface area contributed by atoms with Gasteiger partial charge in [-0.1, -0.05) is 40.6 Å². The molecule has 4 nitrogen and oxygen atoms in total. The molecule has 0 spiro atoms. The molecular weight excluding hydrogens is 353 g/mol. The van der Waals surface area contributed by atoms with Crippen molar-refractivity contribution in [3.8, 4) is 0 Å². The standard InChI is InChI=1S/C13H9Cl2NO3S2/c14-11-2-1-10(12(15)6-11)8-21(19)4-3-9-5-13(16(17)18)20-7-9/h1-7H,8H2. The van der Waals surface area contributed by atoms with Crippen LogP contribution >= 0.6 is 34.5 Å². The van der Waals surface area contributed by atoms with Gasteiger partial charge in [-0.15, -0.1) is 0 Å². The number of hydrogen-bond acceptors (Lipinski definition) is 4. The quantitative estimate of drug-likeness (QED) is 0.562. The molecule has 0 fully saturated rings. The number of nitrogens with zero attached hydrogens (tertiary/aromatic N) is 1. The van der Waals surface area contributed by atoms with E-state index in [9.17, 15) is 14.3 Å². The number of nitro groups is 1. The lowest BCUT2D eigenvalue weighted by molar-refractivity contribution is -0.380. The molecule has 0 saturated heterocycles. The smallest absolute Gasteiger partial charge is 0.258 e. The molecule has 0 bridgehead atoms. The Morgan fingerprint density at radius 3 is 2.71 bits per heavy atom. The molecule has 0 saturated carbocycles. The van der Waals surface area contributed by atoms with Gasteiger partial charge in [0, 0.05) is 26.9 Å². The predicted molar refractivity (Wildman–Crippen MR) is 88.3 cm³/mol. The summed E-state index contributed by atoms with van der Waals surface area (Å²) >= 11 is 12.8. The van der Waals surface area contributed by atoms with E-state index in [0.717, 1.165) is 16.9 Å². The second-order valence-corrected chi connectivity index (χ2v) is 7.09. The van der Waals surface area contributed by atoms with Gasteiger partial charge in [-0.05, 0) is 29.3 Å². The highest BCUT2D eigenvalue weighted by Crippen LogP contribution is 2.24. The summed E-state index contributed by atoms with van der Waals surface area (Å²) in [7, 11) is -1.26. The number of thiophene rings is 1. The van der Waals surface area contributed by atoms with Crippen molar-refractivity contribution in [2.45, 2.75) is 5.75 Å². The van der Waals surface area contributed by atoms with Crippen molar-refractivity contribution in [2.75, 3.05) is 0 Å². The molecule has 1 atom stereocenters. The number of hydrogen-bond donors (Lipinski definition) is 0. The molecule has 1 aromatic carbocycles. The molecule has 0 N–H and O–H groups in total. The van der Waals surface area contributed by atoms with Gasteiger partial charge >= 0.3 is 5.00 Å². The van der Waals surface area contributed by atoms with Crippen LogP contribution in [0.1, 0.15) is 11.1 Å². The van der Waals surface area contributed by atoms with Crippen LogP contribution in [0.5, 0.6) is 0 Å². The molecule has 0 aliphatic carbocycles. The lowest BCUT2D eigenvalue weighted by atomic mass is 10.2. The average Bonchev–Trinajstić information content (AvgIpc) is 2.89. The van der Waals surface area contributed by atoms with Crippen molar-refractivity contribution in [3.05, 3.63) is 66.3 Å². The molecule has 1 unspecified atom stereocenters. The Kier molecular flexibility index (Phi) is 5.52. The van der Waals surface area contributed by atoms with Crippen LogP contribution in [0.3, 0.4) is 0 Å². The summed E-state index contributed by atoms with van der Waals surface area (Å²) < 4.78 is 12.0. The van der Waals surface area contributed by atoms with E-state index in [0.29, 0.717) is 15.6 Å². The molecule has 0 radical (unpaired) electrons. The minimum absolute atomic E-state index is 0.0566. The van der Waals surface area contributed by atoms with Gasteiger partial charge in [0.15, 0.2) is 0 Å². The Morgan fingerprint density at radius 1 is 1.33 bits per heavy atom. The highest BCUT2D eigenvalue weighted by Gasteiger charge is 2.08. The van der Waals surface area contributed by atoms with Gasteiger partial charge in [0.25, 0.3) is 0 Å². The molecule has 1 heterocycles. The van der Waals surface area contributed by atoms with E-state index < -0.39 is 15.7 Å². The number of rotatable bonds is 5. The van der Waals surface area contributed by atoms with Gasteiger partial charge in [0.1, 0.15) is 0 Å². The van der Waals surface area contributed by atoms with Crippen molar-refractivity contribution in [1.82, 2.24) is 0 Å². The van der Waals surface area contributed by atoms with E-state index in [-0.39, 0.29) is 10.8 Å². The first-order chi connectivity index (χ1) is 9.95. The first-order valence-corrected chi connectivity index (χ1v) is 8.69. The Bertz CT molecular complexity index is 728. The van der Waals surface area contributed by atoms with Gasteiger partial charge in [-0.25, -0.2) is 0 Å². The van der Waals surface area contributed by atoms with Crippen LogP contribution in [-0.4, -0.2) is 9.13 Å². The van der Waals surface area contributed by atoms with Crippen molar-refractivity contribution in [1.29, 1.82) is 0 Å². The Morgan fingerprint density at radius 2 is 2.10 bits per heavy atom. The van der Waals surface area contributed by atoms with Crippen molar-refractivity contribution < 1.29 is 9.13 Å². The summed E-state index contributed by atoms with van der Waals surface area (Å²) in [5.41, 5.74) is 1.39. The van der Waals surface area contributed by atoms with Crippen molar-refractivity contribution in [2.24, 2.45) is 0 Å². The fourth-order valence-corrected chi connectivity index (χ4v) is 3.73. The van der Waals surface area contributed by atoms with Crippen LogP contribution in [0.2, 0.25) is 10.0 Å². The summed E-state index contributed by atoms with van der Waals surface area (Å²) in [6.45, 7) is 0. The summed E-state index contributed by atoms with van der Waals surface area (Å²) in [5.74, 6) is 0.263. The number of benzene rings is 1.